The number of thiocarbonyl (C=S) groups is 1. The molecule has 1 aliphatic heterocycles. The van der Waals surface area contributed by atoms with Crippen LogP contribution in [0.3, 0.4) is 0 Å². The van der Waals surface area contributed by atoms with Gasteiger partial charge < -0.3 is 15.4 Å². The van der Waals surface area contributed by atoms with E-state index in [9.17, 15) is 14.0 Å². The van der Waals surface area contributed by atoms with Gasteiger partial charge in [-0.15, -0.1) is 0 Å². The highest BCUT2D eigenvalue weighted by molar-refractivity contribution is 14.1. The highest BCUT2D eigenvalue weighted by Crippen LogP contribution is 2.28. The van der Waals surface area contributed by atoms with Gasteiger partial charge in [0, 0.05) is 3.57 Å². The normalized spacial score (nSPS) is 15.7. The zero-order valence-electron chi connectivity index (χ0n) is 17.4. The molecule has 1 fully saturated rings. The second-order valence-corrected chi connectivity index (χ2v) is 9.33. The molecule has 2 aromatic rings. The van der Waals surface area contributed by atoms with E-state index in [1.54, 1.807) is 25.1 Å². The molecule has 0 radical (unpaired) electrons. The number of halogens is 2. The summed E-state index contributed by atoms with van der Waals surface area (Å²) in [5, 5.41) is 5.87. The Morgan fingerprint density at radius 3 is 2.65 bits per heavy atom. The van der Waals surface area contributed by atoms with Gasteiger partial charge in [-0.25, -0.2) is 9.18 Å². The molecule has 1 aliphatic rings. The Bertz CT molecular complexity index is 1080. The molecule has 6 nitrogen and oxygen atoms in total. The molecule has 0 aliphatic carbocycles. The Balaban J connectivity index is 1.82. The largest absolute Gasteiger partial charge is 0.442 e. The summed E-state index contributed by atoms with van der Waals surface area (Å²) in [7, 11) is 0. The van der Waals surface area contributed by atoms with Gasteiger partial charge in [0.15, 0.2) is 0 Å². The van der Waals surface area contributed by atoms with Crippen molar-refractivity contribution in [1.29, 1.82) is 0 Å². The van der Waals surface area contributed by atoms with Crippen LogP contribution in [0.2, 0.25) is 0 Å². The number of hydrogen-bond acceptors (Lipinski definition) is 5. The number of cyclic esters (lactones) is 1. The van der Waals surface area contributed by atoms with Crippen LogP contribution >= 0.6 is 34.8 Å². The summed E-state index contributed by atoms with van der Waals surface area (Å²) in [6.45, 7) is 6.50. The lowest BCUT2D eigenvalue weighted by molar-refractivity contribution is 0.143. The number of carbonyl (C=O) groups is 1. The summed E-state index contributed by atoms with van der Waals surface area (Å²) in [6.07, 6.45) is -0.919. The van der Waals surface area contributed by atoms with Crippen LogP contribution in [0.5, 0.6) is 0 Å². The van der Waals surface area contributed by atoms with Crippen molar-refractivity contribution in [2.24, 2.45) is 0 Å². The van der Waals surface area contributed by atoms with E-state index in [1.807, 2.05) is 13.8 Å². The molecule has 0 bridgehead atoms. The first-order valence-corrected chi connectivity index (χ1v) is 11.3. The van der Waals surface area contributed by atoms with Crippen LogP contribution in [0.1, 0.15) is 32.3 Å². The topological polar surface area (TPSA) is 70.7 Å². The van der Waals surface area contributed by atoms with Gasteiger partial charge in [-0.3, -0.25) is 9.69 Å². The predicted octanol–water partition coefficient (Wildman–Crippen LogP) is 4.92. The summed E-state index contributed by atoms with van der Waals surface area (Å²) in [5.41, 5.74) is 1.58. The van der Waals surface area contributed by atoms with Crippen LogP contribution in [0, 0.1) is 9.39 Å². The molecule has 0 aromatic heterocycles. The number of nitrogens with zero attached hydrogens (tertiary/aromatic N) is 1. The molecule has 1 amide bonds. The number of hydrogen-bond donors (Lipinski definition) is 2. The van der Waals surface area contributed by atoms with Crippen molar-refractivity contribution in [2.45, 2.75) is 32.8 Å². The average molecular weight is 555 g/mol. The quantitative estimate of drug-likeness (QED) is 0.390. The standard InChI is InChI=1S/C22H23FIN3O3S/c1-12(2)16-9-20(21(28)7-5-18(16)24)26-19-6-4-14(8-17(19)23)27-11-15(30-22(27)29)10-25-13(3)31/h4-9,12,15H,10-11H2,1-3H3,(H,25,31)(H,26,28)/t15-/m0/s1. The van der Waals surface area contributed by atoms with Crippen molar-refractivity contribution in [1.82, 2.24) is 5.32 Å². The van der Waals surface area contributed by atoms with Gasteiger partial charge in [0.1, 0.15) is 11.9 Å². The first kappa shape index (κ1) is 23.4. The first-order valence-electron chi connectivity index (χ1n) is 9.78. The smallest absolute Gasteiger partial charge is 0.414 e. The molecule has 1 atom stereocenters. The molecular formula is C22H23FIN3O3S. The second-order valence-electron chi connectivity index (χ2n) is 7.56. The van der Waals surface area contributed by atoms with Crippen molar-refractivity contribution in [3.63, 3.8) is 0 Å². The second kappa shape index (κ2) is 9.90. The van der Waals surface area contributed by atoms with Crippen LogP contribution in [-0.2, 0) is 4.74 Å². The van der Waals surface area contributed by atoms with Gasteiger partial charge in [0.2, 0.25) is 5.43 Å². The Morgan fingerprint density at radius 1 is 1.26 bits per heavy atom. The predicted molar refractivity (Wildman–Crippen MR) is 133 cm³/mol. The molecule has 2 aromatic carbocycles. The fraction of sp³-hybridized carbons (Fsp3) is 0.318. The number of amides is 1. The third kappa shape index (κ3) is 5.70. The van der Waals surface area contributed by atoms with Crippen molar-refractivity contribution >= 4 is 63.0 Å². The number of carbonyl (C=O) groups excluding carboxylic acids is 1. The number of ether oxygens (including phenoxy) is 1. The van der Waals surface area contributed by atoms with Gasteiger partial charge in [0.25, 0.3) is 0 Å². The number of benzene rings is 1. The van der Waals surface area contributed by atoms with Crippen molar-refractivity contribution in [3.8, 4) is 0 Å². The SMILES string of the molecule is CC(=S)NC[C@H]1CN(c2ccc(Nc3cc(C(C)C)c(I)ccc3=O)c(F)c2)C(=O)O1. The maximum absolute atomic E-state index is 14.9. The number of nitrogens with one attached hydrogen (secondary N) is 2. The van der Waals surface area contributed by atoms with E-state index in [1.165, 1.54) is 23.1 Å². The minimum absolute atomic E-state index is 0.152. The minimum atomic E-state index is -0.576. The fourth-order valence-electron chi connectivity index (χ4n) is 3.19. The monoisotopic (exact) mass is 555 g/mol. The van der Waals surface area contributed by atoms with Crippen molar-refractivity contribution < 1.29 is 13.9 Å². The Kier molecular flexibility index (Phi) is 7.47. The van der Waals surface area contributed by atoms with E-state index in [2.05, 4.69) is 33.2 Å². The van der Waals surface area contributed by atoms with E-state index in [0.29, 0.717) is 22.9 Å². The lowest BCUT2D eigenvalue weighted by atomic mass is 10.1. The van der Waals surface area contributed by atoms with E-state index < -0.39 is 11.9 Å². The Hall–Kier alpha value is -2.27. The van der Waals surface area contributed by atoms with Gasteiger partial charge >= 0.3 is 6.09 Å². The van der Waals surface area contributed by atoms with Crippen molar-refractivity contribution in [3.05, 3.63) is 61.6 Å². The lowest BCUT2D eigenvalue weighted by Gasteiger charge is -2.15. The molecule has 2 N–H and O–H groups in total. The summed E-state index contributed by atoms with van der Waals surface area (Å²) in [6, 6.07) is 9.38. The maximum atomic E-state index is 14.9. The molecule has 31 heavy (non-hydrogen) atoms. The van der Waals surface area contributed by atoms with Crippen LogP contribution in [0.4, 0.5) is 26.2 Å². The number of anilines is 3. The summed E-state index contributed by atoms with van der Waals surface area (Å²) in [5.74, 6) is -0.370. The highest BCUT2D eigenvalue weighted by Gasteiger charge is 2.32. The van der Waals surface area contributed by atoms with Crippen LogP contribution in [0.25, 0.3) is 0 Å². The Morgan fingerprint density at radius 2 is 2.00 bits per heavy atom. The molecule has 3 rings (SSSR count). The van der Waals surface area contributed by atoms with Gasteiger partial charge in [-0.2, -0.15) is 0 Å². The van der Waals surface area contributed by atoms with Gasteiger partial charge in [0.05, 0.1) is 35.1 Å². The van der Waals surface area contributed by atoms with E-state index in [-0.39, 0.29) is 29.7 Å². The highest BCUT2D eigenvalue weighted by atomic mass is 127. The molecule has 0 spiro atoms. The zero-order valence-corrected chi connectivity index (χ0v) is 20.3. The van der Waals surface area contributed by atoms with Crippen LogP contribution < -0.4 is 21.0 Å². The maximum Gasteiger partial charge on any atom is 0.414 e. The summed E-state index contributed by atoms with van der Waals surface area (Å²) >= 11 is 7.16. The third-order valence-corrected chi connectivity index (χ3v) is 5.96. The molecule has 1 heterocycles. The van der Waals surface area contributed by atoms with E-state index in [4.69, 9.17) is 17.0 Å². The summed E-state index contributed by atoms with van der Waals surface area (Å²) < 4.78 is 21.1. The molecule has 9 heteroatoms. The summed E-state index contributed by atoms with van der Waals surface area (Å²) in [4.78, 5) is 26.6. The molecular weight excluding hydrogens is 532 g/mol. The molecule has 0 unspecified atom stereocenters. The molecule has 1 saturated heterocycles. The molecule has 0 saturated carbocycles. The Labute approximate surface area is 199 Å². The first-order chi connectivity index (χ1) is 14.7. The fourth-order valence-corrected chi connectivity index (χ4v) is 4.23. The molecule has 164 valence electrons. The van der Waals surface area contributed by atoms with Gasteiger partial charge in [-0.05, 0) is 77.4 Å². The third-order valence-electron chi connectivity index (χ3n) is 4.83. The van der Waals surface area contributed by atoms with Crippen LogP contribution in [0.15, 0.2) is 41.2 Å². The van der Waals surface area contributed by atoms with Crippen LogP contribution in [-0.4, -0.2) is 30.3 Å². The zero-order chi connectivity index (χ0) is 22.7. The van der Waals surface area contributed by atoms with Crippen molar-refractivity contribution in [2.75, 3.05) is 23.3 Å². The van der Waals surface area contributed by atoms with Gasteiger partial charge in [-0.1, -0.05) is 26.1 Å². The lowest BCUT2D eigenvalue weighted by Crippen LogP contribution is -2.32. The number of rotatable bonds is 6. The van der Waals surface area contributed by atoms with E-state index in [0.717, 1.165) is 9.13 Å². The minimum Gasteiger partial charge on any atom is -0.442 e. The van der Waals surface area contributed by atoms with E-state index >= 15 is 0 Å². The average Bonchev–Trinajstić information content (AvgIpc) is 3.01.